The van der Waals surface area contributed by atoms with Gasteiger partial charge in [-0.15, -0.1) is 0 Å². The Bertz CT molecular complexity index is 907. The fraction of sp³-hybridized carbons (Fsp3) is 0.368. The van der Waals surface area contributed by atoms with Crippen molar-refractivity contribution in [3.8, 4) is 5.75 Å². The largest absolute Gasteiger partial charge is 0.497 e. The highest BCUT2D eigenvalue weighted by Gasteiger charge is 2.32. The summed E-state index contributed by atoms with van der Waals surface area (Å²) in [6, 6.07) is 11.1. The first-order valence-electron chi connectivity index (χ1n) is 8.77. The predicted molar refractivity (Wildman–Crippen MR) is 100.0 cm³/mol. The number of nitrogens with one attached hydrogen (secondary N) is 1. The number of piperidine rings is 1. The van der Waals surface area contributed by atoms with E-state index < -0.39 is 21.8 Å². The first-order chi connectivity index (χ1) is 13.2. The SMILES string of the molecule is COc1ccc(N2CCC(NS(=O)(=O)c3cccc(C(F)(F)F)c3)CC2)cc1. The number of halogens is 3. The summed E-state index contributed by atoms with van der Waals surface area (Å²) in [7, 11) is -2.42. The fourth-order valence-corrected chi connectivity index (χ4v) is 4.53. The molecule has 1 fully saturated rings. The molecule has 28 heavy (non-hydrogen) atoms. The maximum atomic E-state index is 12.8. The summed E-state index contributed by atoms with van der Waals surface area (Å²) in [5.74, 6) is 0.757. The molecule has 5 nitrogen and oxygen atoms in total. The van der Waals surface area contributed by atoms with Crippen LogP contribution in [0.5, 0.6) is 5.75 Å². The van der Waals surface area contributed by atoms with Gasteiger partial charge in [0.15, 0.2) is 0 Å². The number of sulfonamides is 1. The van der Waals surface area contributed by atoms with E-state index in [0.29, 0.717) is 32.0 Å². The fourth-order valence-electron chi connectivity index (χ4n) is 3.18. The van der Waals surface area contributed by atoms with Crippen molar-refractivity contribution in [2.24, 2.45) is 0 Å². The maximum Gasteiger partial charge on any atom is 0.416 e. The second-order valence-corrected chi connectivity index (χ2v) is 8.32. The quantitative estimate of drug-likeness (QED) is 0.811. The van der Waals surface area contributed by atoms with E-state index in [1.807, 2.05) is 24.3 Å². The maximum absolute atomic E-state index is 12.8. The average molecular weight is 414 g/mol. The second-order valence-electron chi connectivity index (χ2n) is 6.61. The molecular formula is C19H21F3N2O3S. The van der Waals surface area contributed by atoms with Gasteiger partial charge in [0, 0.05) is 24.8 Å². The average Bonchev–Trinajstić information content (AvgIpc) is 2.68. The Kier molecular flexibility index (Phi) is 5.85. The smallest absolute Gasteiger partial charge is 0.416 e. The Morgan fingerprint density at radius 3 is 2.29 bits per heavy atom. The summed E-state index contributed by atoms with van der Waals surface area (Å²) >= 11 is 0. The number of rotatable bonds is 5. The number of benzene rings is 2. The molecule has 2 aromatic rings. The Labute approximate surface area is 162 Å². The van der Waals surface area contributed by atoms with Crippen LogP contribution in [0.2, 0.25) is 0 Å². The number of hydrogen-bond donors (Lipinski definition) is 1. The lowest BCUT2D eigenvalue weighted by Gasteiger charge is -2.33. The molecule has 0 saturated carbocycles. The molecule has 0 aliphatic carbocycles. The van der Waals surface area contributed by atoms with Crippen LogP contribution in [0, 0.1) is 0 Å². The standard InChI is InChI=1S/C19H21F3N2O3S/c1-27-17-7-5-16(6-8-17)24-11-9-15(10-12-24)23-28(25,26)18-4-2-3-14(13-18)19(20,21)22/h2-8,13,15,23H,9-12H2,1H3. The lowest BCUT2D eigenvalue weighted by Crippen LogP contribution is -2.44. The summed E-state index contributed by atoms with van der Waals surface area (Å²) in [4.78, 5) is 1.76. The van der Waals surface area contributed by atoms with Gasteiger partial charge < -0.3 is 9.64 Å². The molecule has 1 aliphatic rings. The predicted octanol–water partition coefficient (Wildman–Crippen LogP) is 3.66. The molecule has 9 heteroatoms. The molecule has 0 unspecified atom stereocenters. The van der Waals surface area contributed by atoms with Gasteiger partial charge in [-0.3, -0.25) is 0 Å². The molecule has 1 aliphatic heterocycles. The van der Waals surface area contributed by atoms with E-state index in [4.69, 9.17) is 4.74 Å². The van der Waals surface area contributed by atoms with Gasteiger partial charge in [0.1, 0.15) is 5.75 Å². The molecule has 0 bridgehead atoms. The van der Waals surface area contributed by atoms with Gasteiger partial charge in [0.05, 0.1) is 17.6 Å². The monoisotopic (exact) mass is 414 g/mol. The number of ether oxygens (including phenoxy) is 1. The zero-order valence-corrected chi connectivity index (χ0v) is 16.1. The van der Waals surface area contributed by atoms with Crippen LogP contribution in [0.15, 0.2) is 53.4 Å². The Morgan fingerprint density at radius 1 is 1.07 bits per heavy atom. The Hall–Kier alpha value is -2.26. The number of alkyl halides is 3. The van der Waals surface area contributed by atoms with E-state index in [2.05, 4.69) is 9.62 Å². The van der Waals surface area contributed by atoms with Crippen molar-refractivity contribution in [3.63, 3.8) is 0 Å². The van der Waals surface area contributed by atoms with E-state index in [1.165, 1.54) is 6.07 Å². The summed E-state index contributed by atoms with van der Waals surface area (Å²) in [5.41, 5.74) is 0.0321. The zero-order chi connectivity index (χ0) is 20.4. The van der Waals surface area contributed by atoms with Gasteiger partial charge in [-0.25, -0.2) is 13.1 Å². The van der Waals surface area contributed by atoms with Crippen LogP contribution in [0.4, 0.5) is 18.9 Å². The number of methoxy groups -OCH3 is 1. The van der Waals surface area contributed by atoms with Gasteiger partial charge in [-0.05, 0) is 55.3 Å². The first kappa shape index (κ1) is 20.5. The Morgan fingerprint density at radius 2 is 1.71 bits per heavy atom. The van der Waals surface area contributed by atoms with Gasteiger partial charge in [-0.1, -0.05) is 6.07 Å². The number of nitrogens with zero attached hydrogens (tertiary/aromatic N) is 1. The van der Waals surface area contributed by atoms with Crippen LogP contribution >= 0.6 is 0 Å². The molecule has 1 N–H and O–H groups in total. The van der Waals surface area contributed by atoms with Crippen LogP contribution in [0.25, 0.3) is 0 Å². The first-order valence-corrected chi connectivity index (χ1v) is 10.3. The summed E-state index contributed by atoms with van der Waals surface area (Å²) in [5, 5.41) is 0. The summed E-state index contributed by atoms with van der Waals surface area (Å²) in [6.45, 7) is 1.28. The lowest BCUT2D eigenvalue weighted by atomic mass is 10.1. The number of anilines is 1. The molecular weight excluding hydrogens is 393 g/mol. The second kappa shape index (κ2) is 8.00. The molecule has 0 radical (unpaired) electrons. The molecule has 3 rings (SSSR count). The van der Waals surface area contributed by atoms with E-state index >= 15 is 0 Å². The van der Waals surface area contributed by atoms with Gasteiger partial charge >= 0.3 is 6.18 Å². The van der Waals surface area contributed by atoms with Crippen molar-refractivity contribution in [2.75, 3.05) is 25.1 Å². The van der Waals surface area contributed by atoms with E-state index in [0.717, 1.165) is 23.6 Å². The summed E-state index contributed by atoms with van der Waals surface area (Å²) in [6.07, 6.45) is -3.47. The van der Waals surface area contributed by atoms with Crippen LogP contribution < -0.4 is 14.4 Å². The van der Waals surface area contributed by atoms with Crippen LogP contribution in [0.1, 0.15) is 18.4 Å². The minimum absolute atomic E-state index is 0.325. The highest BCUT2D eigenvalue weighted by Crippen LogP contribution is 2.30. The third-order valence-corrected chi connectivity index (χ3v) is 6.24. The van der Waals surface area contributed by atoms with Crippen LogP contribution in [0.3, 0.4) is 0 Å². The lowest BCUT2D eigenvalue weighted by molar-refractivity contribution is -0.137. The number of hydrogen-bond acceptors (Lipinski definition) is 4. The van der Waals surface area contributed by atoms with Crippen molar-refractivity contribution in [2.45, 2.75) is 30.0 Å². The third-order valence-electron chi connectivity index (χ3n) is 4.73. The van der Waals surface area contributed by atoms with Crippen LogP contribution in [-0.2, 0) is 16.2 Å². The zero-order valence-electron chi connectivity index (χ0n) is 15.2. The van der Waals surface area contributed by atoms with Crippen molar-refractivity contribution >= 4 is 15.7 Å². The topological polar surface area (TPSA) is 58.6 Å². The molecule has 0 aromatic heterocycles. The van der Waals surface area contributed by atoms with Crippen molar-refractivity contribution in [1.82, 2.24) is 4.72 Å². The normalized spacial score (nSPS) is 16.2. The molecule has 2 aromatic carbocycles. The van der Waals surface area contributed by atoms with Crippen molar-refractivity contribution in [3.05, 3.63) is 54.1 Å². The van der Waals surface area contributed by atoms with Crippen molar-refractivity contribution in [1.29, 1.82) is 0 Å². The molecule has 0 atom stereocenters. The summed E-state index contributed by atoms with van der Waals surface area (Å²) < 4.78 is 71.2. The van der Waals surface area contributed by atoms with E-state index in [-0.39, 0.29) is 10.9 Å². The third kappa shape index (κ3) is 4.77. The van der Waals surface area contributed by atoms with Gasteiger partial charge in [0.25, 0.3) is 0 Å². The highest BCUT2D eigenvalue weighted by atomic mass is 32.2. The molecule has 0 amide bonds. The Balaban J connectivity index is 1.63. The van der Waals surface area contributed by atoms with Gasteiger partial charge in [0.2, 0.25) is 10.0 Å². The minimum atomic E-state index is -4.59. The van der Waals surface area contributed by atoms with E-state index in [9.17, 15) is 21.6 Å². The molecule has 1 heterocycles. The minimum Gasteiger partial charge on any atom is -0.497 e. The molecule has 152 valence electrons. The highest BCUT2D eigenvalue weighted by molar-refractivity contribution is 7.89. The molecule has 0 spiro atoms. The molecule has 1 saturated heterocycles. The van der Waals surface area contributed by atoms with Crippen molar-refractivity contribution < 1.29 is 26.3 Å². The van der Waals surface area contributed by atoms with Crippen LogP contribution in [-0.4, -0.2) is 34.7 Å². The van der Waals surface area contributed by atoms with E-state index in [1.54, 1.807) is 7.11 Å². The van der Waals surface area contributed by atoms with Gasteiger partial charge in [-0.2, -0.15) is 13.2 Å².